The zero-order chi connectivity index (χ0) is 15.6. The lowest BCUT2D eigenvalue weighted by atomic mass is 10.4. The van der Waals surface area contributed by atoms with Gasteiger partial charge in [0.15, 0.2) is 0 Å². The maximum Gasteiger partial charge on any atom is 0.402 e. The molecule has 0 saturated heterocycles. The van der Waals surface area contributed by atoms with Crippen molar-refractivity contribution >= 4 is 10.0 Å². The van der Waals surface area contributed by atoms with Gasteiger partial charge < -0.3 is 5.11 Å². The van der Waals surface area contributed by atoms with Crippen molar-refractivity contribution < 1.29 is 26.7 Å². The van der Waals surface area contributed by atoms with E-state index in [9.17, 15) is 21.6 Å². The van der Waals surface area contributed by atoms with Crippen LogP contribution in [0.3, 0.4) is 0 Å². The number of halogens is 3. The summed E-state index contributed by atoms with van der Waals surface area (Å²) >= 11 is 0. The van der Waals surface area contributed by atoms with Crippen LogP contribution in [0, 0.1) is 13.8 Å². The van der Waals surface area contributed by atoms with E-state index in [-0.39, 0.29) is 29.4 Å². The molecule has 0 unspecified atom stereocenters. The average Bonchev–Trinajstić information content (AvgIpc) is 2.59. The molecule has 0 aliphatic rings. The lowest BCUT2D eigenvalue weighted by molar-refractivity contribution is -0.121. The molecule has 0 radical (unpaired) electrons. The molecule has 0 aliphatic carbocycles. The predicted molar refractivity (Wildman–Crippen MR) is 64.6 cm³/mol. The Morgan fingerprint density at radius 1 is 1.35 bits per heavy atom. The molecule has 20 heavy (non-hydrogen) atoms. The molecule has 0 amide bonds. The van der Waals surface area contributed by atoms with E-state index in [2.05, 4.69) is 5.10 Å². The third-order valence-corrected chi connectivity index (χ3v) is 4.23. The van der Waals surface area contributed by atoms with Gasteiger partial charge in [0.1, 0.15) is 11.4 Å². The summed E-state index contributed by atoms with van der Waals surface area (Å²) in [6, 6.07) is 0. The van der Waals surface area contributed by atoms with Crippen LogP contribution in [-0.4, -0.2) is 42.6 Å². The molecule has 1 aromatic rings. The first-order valence-electron chi connectivity index (χ1n) is 5.80. The van der Waals surface area contributed by atoms with Crippen LogP contribution in [0.1, 0.15) is 17.8 Å². The number of hydrogen-bond donors (Lipinski definition) is 2. The number of aliphatic hydroxyl groups is 1. The Morgan fingerprint density at radius 2 is 1.95 bits per heavy atom. The molecule has 6 nitrogen and oxygen atoms in total. The molecular formula is C10H16F3N3O3S. The number of aromatic nitrogens is 2. The predicted octanol–water partition coefficient (Wildman–Crippen LogP) is 0.723. The van der Waals surface area contributed by atoms with Crippen LogP contribution in [0.25, 0.3) is 0 Å². The number of hydrogen-bond acceptors (Lipinski definition) is 4. The first kappa shape index (κ1) is 16.9. The van der Waals surface area contributed by atoms with Gasteiger partial charge in [-0.15, -0.1) is 0 Å². The lowest BCUT2D eigenvalue weighted by Gasteiger charge is -2.09. The van der Waals surface area contributed by atoms with Crippen LogP contribution in [0.4, 0.5) is 13.2 Å². The summed E-state index contributed by atoms with van der Waals surface area (Å²) in [5, 5.41) is 12.7. The number of aryl methyl sites for hydroxylation is 2. The summed E-state index contributed by atoms with van der Waals surface area (Å²) < 4.78 is 63.0. The number of nitrogens with zero attached hydrogens (tertiary/aromatic N) is 2. The Hall–Kier alpha value is -1.13. The van der Waals surface area contributed by atoms with E-state index in [1.54, 1.807) is 0 Å². The van der Waals surface area contributed by atoms with Crippen molar-refractivity contribution in [3.63, 3.8) is 0 Å². The van der Waals surface area contributed by atoms with Crippen LogP contribution in [0.15, 0.2) is 4.90 Å². The fraction of sp³-hybridized carbons (Fsp3) is 0.700. The van der Waals surface area contributed by atoms with Crippen LogP contribution in [0.5, 0.6) is 0 Å². The van der Waals surface area contributed by atoms with Gasteiger partial charge >= 0.3 is 6.18 Å². The van der Waals surface area contributed by atoms with E-state index >= 15 is 0 Å². The van der Waals surface area contributed by atoms with Gasteiger partial charge in [0.05, 0.1) is 11.4 Å². The third-order valence-electron chi connectivity index (χ3n) is 2.57. The highest BCUT2D eigenvalue weighted by Gasteiger charge is 2.32. The van der Waals surface area contributed by atoms with Crippen molar-refractivity contribution in [1.29, 1.82) is 0 Å². The highest BCUT2D eigenvalue weighted by molar-refractivity contribution is 7.89. The molecule has 0 bridgehead atoms. The van der Waals surface area contributed by atoms with Crippen molar-refractivity contribution in [1.82, 2.24) is 14.5 Å². The van der Waals surface area contributed by atoms with Crippen molar-refractivity contribution in [2.24, 2.45) is 0 Å². The molecule has 0 aliphatic heterocycles. The Bertz CT molecular complexity index is 566. The van der Waals surface area contributed by atoms with Crippen molar-refractivity contribution in [3.8, 4) is 0 Å². The number of sulfonamides is 1. The Morgan fingerprint density at radius 3 is 2.45 bits per heavy atom. The molecule has 116 valence electrons. The lowest BCUT2D eigenvalue weighted by Crippen LogP contribution is -2.34. The van der Waals surface area contributed by atoms with Gasteiger partial charge in [0.25, 0.3) is 0 Å². The van der Waals surface area contributed by atoms with Crippen molar-refractivity contribution in [2.75, 3.05) is 13.2 Å². The minimum absolute atomic E-state index is 0.0905. The molecule has 1 heterocycles. The summed E-state index contributed by atoms with van der Waals surface area (Å²) in [6.45, 7) is 1.44. The molecule has 0 aromatic carbocycles. The van der Waals surface area contributed by atoms with Gasteiger partial charge in [-0.2, -0.15) is 18.3 Å². The standard InChI is InChI=1S/C10H16F3N3O3S/c1-7-9(8(2)16(15-7)4-3-5-17)20(18,19)14-6-10(11,12)13/h14,17H,3-6H2,1-2H3. The van der Waals surface area contributed by atoms with Crippen LogP contribution in [-0.2, 0) is 16.6 Å². The summed E-state index contributed by atoms with van der Waals surface area (Å²) in [7, 11) is -4.27. The van der Waals surface area contributed by atoms with E-state index in [1.165, 1.54) is 23.3 Å². The number of alkyl halides is 3. The number of aliphatic hydroxyl groups excluding tert-OH is 1. The number of nitrogens with one attached hydrogen (secondary N) is 1. The fourth-order valence-corrected chi connectivity index (χ4v) is 3.18. The van der Waals surface area contributed by atoms with E-state index in [1.807, 2.05) is 0 Å². The summed E-state index contributed by atoms with van der Waals surface area (Å²) in [6.07, 6.45) is -4.25. The van der Waals surface area contributed by atoms with Gasteiger partial charge in [-0.3, -0.25) is 4.68 Å². The van der Waals surface area contributed by atoms with E-state index in [4.69, 9.17) is 5.11 Å². The van der Waals surface area contributed by atoms with Gasteiger partial charge in [0.2, 0.25) is 10.0 Å². The zero-order valence-corrected chi connectivity index (χ0v) is 11.8. The summed E-state index contributed by atoms with van der Waals surface area (Å²) in [4.78, 5) is -0.250. The molecule has 10 heteroatoms. The highest BCUT2D eigenvalue weighted by Crippen LogP contribution is 2.21. The monoisotopic (exact) mass is 315 g/mol. The van der Waals surface area contributed by atoms with Gasteiger partial charge in [-0.1, -0.05) is 0 Å². The maximum atomic E-state index is 12.1. The smallest absolute Gasteiger partial charge is 0.396 e. The van der Waals surface area contributed by atoms with Gasteiger partial charge in [-0.25, -0.2) is 13.1 Å². The van der Waals surface area contributed by atoms with Crippen LogP contribution >= 0.6 is 0 Å². The fourth-order valence-electron chi connectivity index (χ4n) is 1.76. The minimum atomic E-state index is -4.62. The molecule has 0 spiro atoms. The SMILES string of the molecule is Cc1nn(CCCO)c(C)c1S(=O)(=O)NCC(F)(F)F. The normalized spacial score (nSPS) is 12.9. The van der Waals surface area contributed by atoms with E-state index in [0.29, 0.717) is 6.42 Å². The maximum absolute atomic E-state index is 12.1. The van der Waals surface area contributed by atoms with Gasteiger partial charge in [0, 0.05) is 13.2 Å². The molecule has 0 saturated carbocycles. The highest BCUT2D eigenvalue weighted by atomic mass is 32.2. The van der Waals surface area contributed by atoms with E-state index < -0.39 is 22.7 Å². The molecular weight excluding hydrogens is 299 g/mol. The molecule has 2 N–H and O–H groups in total. The number of rotatable bonds is 6. The first-order valence-corrected chi connectivity index (χ1v) is 7.28. The molecule has 1 aromatic heterocycles. The Kier molecular flexibility index (Phi) is 5.16. The second-order valence-corrected chi connectivity index (χ2v) is 5.94. The zero-order valence-electron chi connectivity index (χ0n) is 11.0. The minimum Gasteiger partial charge on any atom is -0.396 e. The first-order chi connectivity index (χ1) is 9.08. The van der Waals surface area contributed by atoms with Crippen molar-refractivity contribution in [2.45, 2.75) is 37.9 Å². The van der Waals surface area contributed by atoms with E-state index in [0.717, 1.165) is 0 Å². The Labute approximate surface area is 114 Å². The average molecular weight is 315 g/mol. The van der Waals surface area contributed by atoms with Gasteiger partial charge in [-0.05, 0) is 20.3 Å². The quantitative estimate of drug-likeness (QED) is 0.810. The second kappa shape index (κ2) is 6.10. The van der Waals surface area contributed by atoms with Crippen LogP contribution in [0.2, 0.25) is 0 Å². The third kappa shape index (κ3) is 4.18. The van der Waals surface area contributed by atoms with Crippen molar-refractivity contribution in [3.05, 3.63) is 11.4 Å². The summed E-state index contributed by atoms with van der Waals surface area (Å²) in [5.74, 6) is 0. The topological polar surface area (TPSA) is 84.2 Å². The summed E-state index contributed by atoms with van der Waals surface area (Å²) in [5.41, 5.74) is 0.362. The molecule has 0 fully saturated rings. The molecule has 0 atom stereocenters. The molecule has 1 rings (SSSR count). The Balaban J connectivity index is 3.03. The van der Waals surface area contributed by atoms with Crippen LogP contribution < -0.4 is 4.72 Å². The largest absolute Gasteiger partial charge is 0.402 e. The second-order valence-electron chi connectivity index (χ2n) is 4.24.